The quantitative estimate of drug-likeness (QED) is 0.913. The molecule has 1 N–H and O–H groups in total. The average Bonchev–Trinajstić information content (AvgIpc) is 3.26. The van der Waals surface area contributed by atoms with Crippen LogP contribution in [-0.4, -0.2) is 23.9 Å². The number of rotatable bonds is 2. The molecule has 2 fully saturated rings. The fourth-order valence-electron chi connectivity index (χ4n) is 3.00. The first-order valence-electron chi connectivity index (χ1n) is 7.31. The van der Waals surface area contributed by atoms with Gasteiger partial charge in [-0.3, -0.25) is 9.59 Å². The highest BCUT2D eigenvalue weighted by atomic mass is 35.5. The minimum Gasteiger partial charge on any atom is -0.342 e. The predicted molar refractivity (Wildman–Crippen MR) is 82.4 cm³/mol. The summed E-state index contributed by atoms with van der Waals surface area (Å²) >= 11 is 6.27. The molecule has 1 saturated carbocycles. The number of anilines is 1. The maximum absolute atomic E-state index is 13.0. The molecule has 1 atom stereocenters. The summed E-state index contributed by atoms with van der Waals surface area (Å²) in [4.78, 5) is 26.7. The molecule has 21 heavy (non-hydrogen) atoms. The number of halogens is 1. The van der Waals surface area contributed by atoms with Gasteiger partial charge in [-0.05, 0) is 50.3 Å². The first-order valence-corrected chi connectivity index (χ1v) is 7.69. The lowest BCUT2D eigenvalue weighted by atomic mass is 9.94. The molecular formula is C16H19ClN2O2. The van der Waals surface area contributed by atoms with Crippen LogP contribution in [0.2, 0.25) is 5.02 Å². The third kappa shape index (κ3) is 2.53. The van der Waals surface area contributed by atoms with Gasteiger partial charge in [-0.25, -0.2) is 0 Å². The summed E-state index contributed by atoms with van der Waals surface area (Å²) in [6.45, 7) is 4.18. The third-order valence-electron chi connectivity index (χ3n) is 4.44. The van der Waals surface area contributed by atoms with E-state index >= 15 is 0 Å². The molecule has 1 heterocycles. The lowest BCUT2D eigenvalue weighted by Gasteiger charge is -2.32. The normalized spacial score (nSPS) is 26.5. The molecule has 1 saturated heterocycles. The monoisotopic (exact) mass is 306 g/mol. The average molecular weight is 307 g/mol. The van der Waals surface area contributed by atoms with Crippen LogP contribution in [0.5, 0.6) is 0 Å². The number of amides is 2. The number of carbonyl (C=O) groups excluding carboxylic acids is 2. The Morgan fingerprint density at radius 1 is 1.33 bits per heavy atom. The molecule has 2 amide bonds. The highest BCUT2D eigenvalue weighted by molar-refractivity contribution is 6.34. The van der Waals surface area contributed by atoms with E-state index in [4.69, 9.17) is 11.6 Å². The molecule has 2 aliphatic rings. The van der Waals surface area contributed by atoms with Crippen molar-refractivity contribution < 1.29 is 9.59 Å². The second-order valence-electron chi connectivity index (χ2n) is 6.19. The van der Waals surface area contributed by atoms with Gasteiger partial charge in [-0.15, -0.1) is 0 Å². The number of nitrogens with zero attached hydrogens (tertiary/aromatic N) is 1. The molecule has 1 aliphatic carbocycles. The molecule has 5 heteroatoms. The van der Waals surface area contributed by atoms with E-state index in [9.17, 15) is 9.59 Å². The van der Waals surface area contributed by atoms with E-state index in [1.165, 1.54) is 0 Å². The summed E-state index contributed by atoms with van der Waals surface area (Å²) in [5.74, 6) is 0.116. The smallest absolute Gasteiger partial charge is 0.252 e. The Balaban J connectivity index is 2.02. The van der Waals surface area contributed by atoms with Crippen molar-refractivity contribution in [3.63, 3.8) is 0 Å². The number of benzene rings is 1. The second kappa shape index (κ2) is 5.02. The third-order valence-corrected chi connectivity index (χ3v) is 4.76. The van der Waals surface area contributed by atoms with Crippen LogP contribution in [0.4, 0.5) is 5.69 Å². The summed E-state index contributed by atoms with van der Waals surface area (Å²) in [6.07, 6.45) is 2.27. The number of carbonyl (C=O) groups is 2. The van der Waals surface area contributed by atoms with Gasteiger partial charge in [0, 0.05) is 13.0 Å². The molecule has 4 nitrogen and oxygen atoms in total. The molecule has 0 aromatic heterocycles. The van der Waals surface area contributed by atoms with Gasteiger partial charge in [-0.1, -0.05) is 17.7 Å². The standard InChI is InChI=1S/C16H19ClN2O2/c1-10-3-6-12(17)13(9-10)19-8-7-14(20)18-16(2,15(19)21)11-4-5-11/h3,6,9,11H,4-5,7-8H2,1-2H3,(H,18,20). The van der Waals surface area contributed by atoms with Gasteiger partial charge in [0.15, 0.2) is 0 Å². The van der Waals surface area contributed by atoms with Crippen LogP contribution in [0.3, 0.4) is 0 Å². The molecule has 1 aliphatic heterocycles. The van der Waals surface area contributed by atoms with Crippen LogP contribution in [0.1, 0.15) is 31.7 Å². The highest BCUT2D eigenvalue weighted by Gasteiger charge is 2.51. The molecule has 0 bridgehead atoms. The van der Waals surface area contributed by atoms with Crippen molar-refractivity contribution in [2.24, 2.45) is 5.92 Å². The number of hydrogen-bond acceptors (Lipinski definition) is 2. The SMILES string of the molecule is Cc1ccc(Cl)c(N2CCC(=O)NC(C)(C3CC3)C2=O)c1. The van der Waals surface area contributed by atoms with Gasteiger partial charge in [0.25, 0.3) is 5.91 Å². The van der Waals surface area contributed by atoms with Gasteiger partial charge >= 0.3 is 0 Å². The van der Waals surface area contributed by atoms with E-state index in [-0.39, 0.29) is 17.7 Å². The number of nitrogens with one attached hydrogen (secondary N) is 1. The fraction of sp³-hybridized carbons (Fsp3) is 0.500. The summed E-state index contributed by atoms with van der Waals surface area (Å²) in [7, 11) is 0. The maximum Gasteiger partial charge on any atom is 0.252 e. The van der Waals surface area contributed by atoms with E-state index in [2.05, 4.69) is 5.32 Å². The maximum atomic E-state index is 13.0. The Labute approximate surface area is 129 Å². The number of aryl methyl sites for hydroxylation is 1. The van der Waals surface area contributed by atoms with E-state index in [0.717, 1.165) is 18.4 Å². The summed E-state index contributed by atoms with van der Waals surface area (Å²) < 4.78 is 0. The van der Waals surface area contributed by atoms with Gasteiger partial charge in [0.1, 0.15) is 5.54 Å². The molecule has 1 aromatic carbocycles. The largest absolute Gasteiger partial charge is 0.342 e. The van der Waals surface area contributed by atoms with Gasteiger partial charge in [-0.2, -0.15) is 0 Å². The van der Waals surface area contributed by atoms with Crippen LogP contribution in [-0.2, 0) is 9.59 Å². The van der Waals surface area contributed by atoms with Crippen molar-refractivity contribution in [1.82, 2.24) is 5.32 Å². The molecular weight excluding hydrogens is 288 g/mol. The Morgan fingerprint density at radius 2 is 2.05 bits per heavy atom. The van der Waals surface area contributed by atoms with Crippen LogP contribution >= 0.6 is 11.6 Å². The molecule has 1 aromatic rings. The molecule has 112 valence electrons. The lowest BCUT2D eigenvalue weighted by molar-refractivity contribution is -0.130. The lowest BCUT2D eigenvalue weighted by Crippen LogP contribution is -2.57. The molecule has 1 unspecified atom stereocenters. The Bertz CT molecular complexity index is 612. The zero-order valence-corrected chi connectivity index (χ0v) is 13.0. The minimum absolute atomic E-state index is 0.0525. The second-order valence-corrected chi connectivity index (χ2v) is 6.59. The van der Waals surface area contributed by atoms with E-state index in [1.807, 2.05) is 26.0 Å². The summed E-state index contributed by atoms with van der Waals surface area (Å²) in [6, 6.07) is 5.62. The zero-order valence-electron chi connectivity index (χ0n) is 12.3. The van der Waals surface area contributed by atoms with Crippen molar-refractivity contribution in [2.45, 2.75) is 38.6 Å². The molecule has 0 radical (unpaired) electrons. The van der Waals surface area contributed by atoms with Crippen LogP contribution in [0.15, 0.2) is 18.2 Å². The van der Waals surface area contributed by atoms with Crippen LogP contribution in [0.25, 0.3) is 0 Å². The van der Waals surface area contributed by atoms with Crippen molar-refractivity contribution in [3.05, 3.63) is 28.8 Å². The first-order chi connectivity index (χ1) is 9.91. The topological polar surface area (TPSA) is 49.4 Å². The van der Waals surface area contributed by atoms with E-state index < -0.39 is 5.54 Å². The number of hydrogen-bond donors (Lipinski definition) is 1. The zero-order chi connectivity index (χ0) is 15.2. The Morgan fingerprint density at radius 3 is 2.71 bits per heavy atom. The first kappa shape index (κ1) is 14.4. The van der Waals surface area contributed by atoms with Gasteiger partial charge in [0.2, 0.25) is 5.91 Å². The summed E-state index contributed by atoms with van der Waals surface area (Å²) in [5.41, 5.74) is 0.935. The van der Waals surface area contributed by atoms with Gasteiger partial charge < -0.3 is 10.2 Å². The Hall–Kier alpha value is -1.55. The Kier molecular flexibility index (Phi) is 3.44. The minimum atomic E-state index is -0.805. The van der Waals surface area contributed by atoms with Crippen molar-refractivity contribution in [2.75, 3.05) is 11.4 Å². The van der Waals surface area contributed by atoms with Crippen molar-refractivity contribution in [3.8, 4) is 0 Å². The summed E-state index contributed by atoms with van der Waals surface area (Å²) in [5, 5.41) is 3.47. The van der Waals surface area contributed by atoms with E-state index in [0.29, 0.717) is 23.7 Å². The van der Waals surface area contributed by atoms with E-state index in [1.54, 1.807) is 11.0 Å². The van der Waals surface area contributed by atoms with Crippen molar-refractivity contribution in [1.29, 1.82) is 0 Å². The fourth-order valence-corrected chi connectivity index (χ4v) is 3.22. The molecule has 0 spiro atoms. The van der Waals surface area contributed by atoms with Crippen molar-refractivity contribution >= 4 is 29.1 Å². The van der Waals surface area contributed by atoms with Crippen LogP contribution in [0, 0.1) is 12.8 Å². The van der Waals surface area contributed by atoms with Gasteiger partial charge in [0.05, 0.1) is 10.7 Å². The molecule has 3 rings (SSSR count). The van der Waals surface area contributed by atoms with Crippen LogP contribution < -0.4 is 10.2 Å². The predicted octanol–water partition coefficient (Wildman–Crippen LogP) is 2.67. The highest BCUT2D eigenvalue weighted by Crippen LogP contribution is 2.42.